The van der Waals surface area contributed by atoms with Gasteiger partial charge in [0.25, 0.3) is 0 Å². The molecule has 13 heavy (non-hydrogen) atoms. The Kier molecular flexibility index (Phi) is 2.51. The molecule has 1 aromatic heterocycles. The van der Waals surface area contributed by atoms with Gasteiger partial charge in [-0.2, -0.15) is 0 Å². The number of pyridine rings is 1. The number of aromatic nitrogens is 1. The first-order valence-corrected chi connectivity index (χ1v) is 5.10. The van der Waals surface area contributed by atoms with E-state index in [1.54, 1.807) is 0 Å². The Bertz CT molecular complexity index is 312. The highest BCUT2D eigenvalue weighted by Gasteiger charge is 2.23. The van der Waals surface area contributed by atoms with Gasteiger partial charge < -0.3 is 10.5 Å². The van der Waals surface area contributed by atoms with Gasteiger partial charge >= 0.3 is 0 Å². The molecule has 1 aliphatic carbocycles. The fourth-order valence-corrected chi connectivity index (χ4v) is 1.53. The monoisotopic (exact) mass is 242 g/mol. The van der Waals surface area contributed by atoms with Crippen molar-refractivity contribution in [1.29, 1.82) is 0 Å². The van der Waals surface area contributed by atoms with E-state index in [0.29, 0.717) is 12.6 Å². The fourth-order valence-electron chi connectivity index (χ4n) is 1.08. The second-order valence-corrected chi connectivity index (χ2v) is 3.95. The van der Waals surface area contributed by atoms with E-state index in [4.69, 9.17) is 10.5 Å². The van der Waals surface area contributed by atoms with Gasteiger partial charge in [-0.25, -0.2) is 4.98 Å². The summed E-state index contributed by atoms with van der Waals surface area (Å²) >= 11 is 3.32. The van der Waals surface area contributed by atoms with Crippen molar-refractivity contribution < 1.29 is 4.74 Å². The van der Waals surface area contributed by atoms with E-state index in [9.17, 15) is 0 Å². The predicted molar refractivity (Wildman–Crippen MR) is 53.5 cm³/mol. The van der Waals surface area contributed by atoms with Crippen LogP contribution in [0.4, 0.5) is 0 Å². The predicted octanol–water partition coefficient (Wildman–Crippen LogP) is 1.84. The zero-order chi connectivity index (χ0) is 9.26. The molecule has 0 aliphatic heterocycles. The van der Waals surface area contributed by atoms with Gasteiger partial charge in [-0.3, -0.25) is 0 Å². The zero-order valence-corrected chi connectivity index (χ0v) is 8.75. The first-order valence-electron chi connectivity index (χ1n) is 4.31. The second kappa shape index (κ2) is 3.64. The molecule has 4 heteroatoms. The summed E-state index contributed by atoms with van der Waals surface area (Å²) in [5.74, 6) is 0.866. The first kappa shape index (κ1) is 8.97. The number of ether oxygens (including phenoxy) is 1. The molecule has 0 bridgehead atoms. The van der Waals surface area contributed by atoms with Crippen molar-refractivity contribution in [3.63, 3.8) is 0 Å². The van der Waals surface area contributed by atoms with E-state index in [1.165, 1.54) is 0 Å². The minimum atomic E-state index is 0.417. The lowest BCUT2D eigenvalue weighted by Gasteiger charge is -2.05. The van der Waals surface area contributed by atoms with Crippen molar-refractivity contribution in [2.45, 2.75) is 25.5 Å². The van der Waals surface area contributed by atoms with E-state index >= 15 is 0 Å². The summed E-state index contributed by atoms with van der Waals surface area (Å²) in [7, 11) is 0. The van der Waals surface area contributed by atoms with E-state index in [2.05, 4.69) is 20.9 Å². The lowest BCUT2D eigenvalue weighted by molar-refractivity contribution is 0.302. The van der Waals surface area contributed by atoms with E-state index in [-0.39, 0.29) is 0 Å². The molecule has 0 amide bonds. The van der Waals surface area contributed by atoms with Gasteiger partial charge in [-0.05, 0) is 28.8 Å². The Morgan fingerprint density at radius 1 is 1.54 bits per heavy atom. The third-order valence-electron chi connectivity index (χ3n) is 1.86. The molecule has 0 unspecified atom stereocenters. The van der Waals surface area contributed by atoms with E-state index in [1.807, 2.05) is 12.1 Å². The minimum Gasteiger partial charge on any atom is -0.490 e. The number of nitrogens with two attached hydrogens (primary N) is 1. The second-order valence-electron chi connectivity index (χ2n) is 3.14. The van der Waals surface area contributed by atoms with Crippen LogP contribution in [0, 0.1) is 0 Å². The quantitative estimate of drug-likeness (QED) is 0.824. The molecule has 3 nitrogen and oxygen atoms in total. The summed E-state index contributed by atoms with van der Waals surface area (Å²) < 4.78 is 6.41. The van der Waals surface area contributed by atoms with Gasteiger partial charge in [0.05, 0.1) is 11.8 Å². The number of nitrogens with zero attached hydrogens (tertiary/aromatic N) is 1. The molecule has 70 valence electrons. The van der Waals surface area contributed by atoms with Crippen molar-refractivity contribution in [1.82, 2.24) is 4.98 Å². The van der Waals surface area contributed by atoms with Crippen LogP contribution in [0.2, 0.25) is 0 Å². The standard InChI is InChI=1S/C9H11BrN2O/c10-9-4-8(13-7-1-2-7)3-6(5-11)12-9/h3-4,7H,1-2,5,11H2. The van der Waals surface area contributed by atoms with Crippen LogP contribution in [-0.2, 0) is 6.54 Å². The molecule has 0 radical (unpaired) electrons. The molecule has 0 saturated heterocycles. The molecule has 1 heterocycles. The van der Waals surface area contributed by atoms with Gasteiger partial charge in [0.2, 0.25) is 0 Å². The number of halogens is 1. The molecule has 2 rings (SSSR count). The number of rotatable bonds is 3. The average molecular weight is 243 g/mol. The Labute approximate surface area is 85.4 Å². The Balaban J connectivity index is 2.17. The highest BCUT2D eigenvalue weighted by Crippen LogP contribution is 2.28. The van der Waals surface area contributed by atoms with Crippen LogP contribution >= 0.6 is 15.9 Å². The summed E-state index contributed by atoms with van der Waals surface area (Å²) in [6.45, 7) is 0.445. The van der Waals surface area contributed by atoms with Crippen molar-refractivity contribution in [3.8, 4) is 5.75 Å². The van der Waals surface area contributed by atoms with Gasteiger partial charge in [-0.15, -0.1) is 0 Å². The highest BCUT2D eigenvalue weighted by atomic mass is 79.9. The van der Waals surface area contributed by atoms with Crippen LogP contribution in [0.1, 0.15) is 18.5 Å². The Morgan fingerprint density at radius 3 is 2.92 bits per heavy atom. The zero-order valence-electron chi connectivity index (χ0n) is 7.16. The Hall–Kier alpha value is -0.610. The smallest absolute Gasteiger partial charge is 0.124 e. The lowest BCUT2D eigenvalue weighted by atomic mass is 10.3. The molecule has 2 N–H and O–H groups in total. The third kappa shape index (κ3) is 2.42. The maximum atomic E-state index is 5.62. The van der Waals surface area contributed by atoms with E-state index < -0.39 is 0 Å². The van der Waals surface area contributed by atoms with E-state index in [0.717, 1.165) is 28.9 Å². The SMILES string of the molecule is NCc1cc(OC2CC2)cc(Br)n1. The maximum absolute atomic E-state index is 5.62. The van der Waals surface area contributed by atoms with Crippen molar-refractivity contribution in [2.75, 3.05) is 0 Å². The van der Waals surface area contributed by atoms with Crippen molar-refractivity contribution in [3.05, 3.63) is 22.4 Å². The van der Waals surface area contributed by atoms with Gasteiger partial charge in [0.15, 0.2) is 0 Å². The van der Waals surface area contributed by atoms with Gasteiger partial charge in [0, 0.05) is 18.7 Å². The van der Waals surface area contributed by atoms with Crippen molar-refractivity contribution >= 4 is 15.9 Å². The minimum absolute atomic E-state index is 0.417. The molecule has 0 spiro atoms. The van der Waals surface area contributed by atoms with Crippen LogP contribution in [0.3, 0.4) is 0 Å². The van der Waals surface area contributed by atoms with Gasteiger partial charge in [-0.1, -0.05) is 0 Å². The lowest BCUT2D eigenvalue weighted by Crippen LogP contribution is -2.02. The first-order chi connectivity index (χ1) is 6.28. The Morgan fingerprint density at radius 2 is 2.31 bits per heavy atom. The van der Waals surface area contributed by atoms with Crippen molar-refractivity contribution in [2.24, 2.45) is 5.73 Å². The summed E-state index contributed by atoms with van der Waals surface area (Å²) in [5, 5.41) is 0. The van der Waals surface area contributed by atoms with Crippen LogP contribution in [0.5, 0.6) is 5.75 Å². The summed E-state index contributed by atoms with van der Waals surface area (Å²) in [6.07, 6.45) is 2.75. The topological polar surface area (TPSA) is 48.1 Å². The largest absolute Gasteiger partial charge is 0.490 e. The number of hydrogen-bond donors (Lipinski definition) is 1. The fraction of sp³-hybridized carbons (Fsp3) is 0.444. The summed E-state index contributed by atoms with van der Waals surface area (Å²) in [4.78, 5) is 4.19. The highest BCUT2D eigenvalue weighted by molar-refractivity contribution is 9.10. The molecule has 0 atom stereocenters. The van der Waals surface area contributed by atoms with Crippen LogP contribution < -0.4 is 10.5 Å². The van der Waals surface area contributed by atoms with Crippen LogP contribution in [-0.4, -0.2) is 11.1 Å². The maximum Gasteiger partial charge on any atom is 0.124 e. The normalized spacial score (nSPS) is 15.8. The molecule has 1 aromatic rings. The van der Waals surface area contributed by atoms with Crippen LogP contribution in [0.15, 0.2) is 16.7 Å². The average Bonchev–Trinajstić information content (AvgIpc) is 2.87. The molecule has 1 saturated carbocycles. The third-order valence-corrected chi connectivity index (χ3v) is 2.26. The molecular formula is C9H11BrN2O. The molecule has 0 aromatic carbocycles. The summed E-state index contributed by atoms with van der Waals surface area (Å²) in [6, 6.07) is 3.76. The molecular weight excluding hydrogens is 232 g/mol. The molecule has 1 fully saturated rings. The summed E-state index contributed by atoms with van der Waals surface area (Å²) in [5.41, 5.74) is 6.35. The van der Waals surface area contributed by atoms with Crippen LogP contribution in [0.25, 0.3) is 0 Å². The molecule has 1 aliphatic rings. The van der Waals surface area contributed by atoms with Gasteiger partial charge in [0.1, 0.15) is 10.4 Å². The number of hydrogen-bond acceptors (Lipinski definition) is 3.